The number of aliphatic carboxylic acids is 1. The number of para-hydroxylation sites is 1. The fourth-order valence-corrected chi connectivity index (χ4v) is 4.13. The van der Waals surface area contributed by atoms with E-state index in [0.717, 1.165) is 5.56 Å². The molecule has 216 valence electrons. The number of nitrogens with one attached hydrogen (secondary N) is 3. The molecule has 10 nitrogen and oxygen atoms in total. The average molecular weight is 565 g/mol. The van der Waals surface area contributed by atoms with E-state index in [2.05, 4.69) is 16.0 Å². The average Bonchev–Trinajstić information content (AvgIpc) is 2.94. The number of amides is 4. The molecule has 0 aliphatic heterocycles. The number of halogens is 1. The van der Waals surface area contributed by atoms with Gasteiger partial charge in [0.2, 0.25) is 11.8 Å². The van der Waals surface area contributed by atoms with E-state index >= 15 is 0 Å². The quantitative estimate of drug-likeness (QED) is 0.256. The largest absolute Gasteiger partial charge is 0.495 e. The van der Waals surface area contributed by atoms with E-state index < -0.39 is 35.7 Å². The molecular formula is C30H33FN4O6. The Kier molecular flexibility index (Phi) is 10.8. The third-order valence-electron chi connectivity index (χ3n) is 6.42. The molecule has 0 aliphatic carbocycles. The smallest absolute Gasteiger partial charge is 0.323 e. The molecule has 0 bridgehead atoms. The van der Waals surface area contributed by atoms with Crippen LogP contribution >= 0.6 is 0 Å². The highest BCUT2D eigenvalue weighted by molar-refractivity contribution is 6.01. The molecule has 0 saturated carbocycles. The summed E-state index contributed by atoms with van der Waals surface area (Å²) in [5.74, 6) is -2.07. The maximum atomic E-state index is 13.3. The van der Waals surface area contributed by atoms with Gasteiger partial charge in [-0.2, -0.15) is 0 Å². The number of urea groups is 1. The first-order chi connectivity index (χ1) is 19.6. The van der Waals surface area contributed by atoms with Gasteiger partial charge < -0.3 is 30.7 Å². The number of carbonyl (C=O) groups is 4. The van der Waals surface area contributed by atoms with Crippen LogP contribution in [0.3, 0.4) is 0 Å². The second-order valence-corrected chi connectivity index (χ2v) is 9.34. The molecule has 1 atom stereocenters. The Balaban J connectivity index is 1.60. The van der Waals surface area contributed by atoms with Gasteiger partial charge in [0.1, 0.15) is 11.6 Å². The topological polar surface area (TPSA) is 137 Å². The molecule has 0 spiro atoms. The fourth-order valence-electron chi connectivity index (χ4n) is 4.13. The Labute approximate surface area is 237 Å². The fraction of sp³-hybridized carbons (Fsp3) is 0.267. The summed E-state index contributed by atoms with van der Waals surface area (Å²) < 4.78 is 18.7. The van der Waals surface area contributed by atoms with Gasteiger partial charge >= 0.3 is 12.0 Å². The summed E-state index contributed by atoms with van der Waals surface area (Å²) in [6.07, 6.45) is -0.351. The Morgan fingerprint density at radius 1 is 0.976 bits per heavy atom. The number of rotatable bonds is 12. The lowest BCUT2D eigenvalue weighted by molar-refractivity contribution is -0.139. The minimum absolute atomic E-state index is 0.0675. The van der Waals surface area contributed by atoms with Crippen LogP contribution in [-0.4, -0.2) is 54.0 Å². The molecule has 4 amide bonds. The third kappa shape index (κ3) is 9.06. The van der Waals surface area contributed by atoms with E-state index in [1.807, 2.05) is 25.1 Å². The number of anilines is 2. The van der Waals surface area contributed by atoms with E-state index in [0.29, 0.717) is 28.3 Å². The van der Waals surface area contributed by atoms with Crippen molar-refractivity contribution in [1.29, 1.82) is 0 Å². The Bertz CT molecular complexity index is 1400. The van der Waals surface area contributed by atoms with Gasteiger partial charge in [-0.3, -0.25) is 14.4 Å². The molecule has 0 aliphatic rings. The van der Waals surface area contributed by atoms with E-state index in [9.17, 15) is 23.6 Å². The van der Waals surface area contributed by atoms with Crippen LogP contribution < -0.4 is 20.7 Å². The normalized spacial score (nSPS) is 11.2. The van der Waals surface area contributed by atoms with Gasteiger partial charge in [0, 0.05) is 12.2 Å². The first-order valence-electron chi connectivity index (χ1n) is 12.9. The van der Waals surface area contributed by atoms with Crippen molar-refractivity contribution in [3.05, 3.63) is 89.2 Å². The van der Waals surface area contributed by atoms with Gasteiger partial charge in [0.25, 0.3) is 0 Å². The number of benzene rings is 3. The molecular weight excluding hydrogens is 531 g/mol. The first-order valence-corrected chi connectivity index (χ1v) is 12.9. The van der Waals surface area contributed by atoms with Gasteiger partial charge in [-0.25, -0.2) is 9.18 Å². The molecule has 41 heavy (non-hydrogen) atoms. The van der Waals surface area contributed by atoms with E-state index in [1.165, 1.54) is 36.3 Å². The van der Waals surface area contributed by atoms with Gasteiger partial charge in [-0.05, 0) is 60.9 Å². The van der Waals surface area contributed by atoms with Crippen molar-refractivity contribution >= 4 is 35.2 Å². The lowest BCUT2D eigenvalue weighted by atomic mass is 10.1. The summed E-state index contributed by atoms with van der Waals surface area (Å²) in [7, 11) is 1.44. The zero-order valence-corrected chi connectivity index (χ0v) is 23.1. The summed E-state index contributed by atoms with van der Waals surface area (Å²) in [6, 6.07) is 16.8. The molecule has 3 aromatic carbocycles. The molecule has 0 fully saturated rings. The predicted octanol–water partition coefficient (Wildman–Crippen LogP) is 4.51. The lowest BCUT2D eigenvalue weighted by Gasteiger charge is -2.29. The number of aryl methyl sites for hydroxylation is 1. The van der Waals surface area contributed by atoms with Gasteiger partial charge in [-0.15, -0.1) is 0 Å². The monoisotopic (exact) mass is 564 g/mol. The van der Waals surface area contributed by atoms with Gasteiger partial charge in [-0.1, -0.05) is 36.4 Å². The second-order valence-electron chi connectivity index (χ2n) is 9.34. The highest BCUT2D eigenvalue weighted by atomic mass is 19.1. The maximum Gasteiger partial charge on any atom is 0.323 e. The van der Waals surface area contributed by atoms with Crippen molar-refractivity contribution in [2.24, 2.45) is 0 Å². The molecule has 3 aromatic rings. The number of carbonyl (C=O) groups excluding carboxylic acids is 3. The van der Waals surface area contributed by atoms with Crippen molar-refractivity contribution in [3.63, 3.8) is 0 Å². The maximum absolute atomic E-state index is 13.3. The molecule has 1 unspecified atom stereocenters. The Morgan fingerprint density at radius 2 is 1.66 bits per heavy atom. The minimum atomic E-state index is -1.07. The van der Waals surface area contributed by atoms with Crippen LogP contribution in [0.4, 0.5) is 20.6 Å². The van der Waals surface area contributed by atoms with Gasteiger partial charge in [0.15, 0.2) is 0 Å². The molecule has 4 N–H and O–H groups in total. The van der Waals surface area contributed by atoms with Crippen LogP contribution in [0.15, 0.2) is 66.7 Å². The molecule has 0 heterocycles. The summed E-state index contributed by atoms with van der Waals surface area (Å²) in [5, 5.41) is 17.2. The van der Waals surface area contributed by atoms with Crippen LogP contribution in [0.25, 0.3) is 0 Å². The van der Waals surface area contributed by atoms with Crippen LogP contribution in [0, 0.1) is 12.7 Å². The number of nitrogens with zero attached hydrogens (tertiary/aromatic N) is 1. The Hall–Kier alpha value is -4.93. The molecule has 11 heteroatoms. The summed E-state index contributed by atoms with van der Waals surface area (Å²) in [4.78, 5) is 50.6. The van der Waals surface area contributed by atoms with Crippen LogP contribution in [0.5, 0.6) is 5.75 Å². The summed E-state index contributed by atoms with van der Waals surface area (Å²) >= 11 is 0. The number of ether oxygens (including phenoxy) is 1. The zero-order valence-electron chi connectivity index (χ0n) is 23.1. The van der Waals surface area contributed by atoms with E-state index in [-0.39, 0.29) is 25.9 Å². The number of carboxylic acid groups (broad SMARTS) is 1. The zero-order chi connectivity index (χ0) is 29.9. The summed E-state index contributed by atoms with van der Waals surface area (Å²) in [6.45, 7) is 3.16. The van der Waals surface area contributed by atoms with E-state index in [4.69, 9.17) is 9.84 Å². The number of hydrogen-bond donors (Lipinski definition) is 4. The molecule has 0 saturated heterocycles. The van der Waals surface area contributed by atoms with Gasteiger partial charge in [0.05, 0.1) is 38.2 Å². The number of carboxylic acids is 1. The number of hydrogen-bond acceptors (Lipinski definition) is 5. The molecule has 0 radical (unpaired) electrons. The van der Waals surface area contributed by atoms with Crippen molar-refractivity contribution in [1.82, 2.24) is 10.2 Å². The van der Waals surface area contributed by atoms with Crippen LogP contribution in [0.2, 0.25) is 0 Å². The van der Waals surface area contributed by atoms with Crippen molar-refractivity contribution < 1.29 is 33.4 Å². The van der Waals surface area contributed by atoms with Crippen molar-refractivity contribution in [2.45, 2.75) is 32.7 Å². The SMILES string of the molecule is COc1cc(CC(=O)NCC(=O)N(CCC(=O)O)C(C)c2ccc(F)cc2)ccc1NC(=O)Nc1ccccc1C. The summed E-state index contributed by atoms with van der Waals surface area (Å²) in [5.41, 5.74) is 3.19. The highest BCUT2D eigenvalue weighted by Gasteiger charge is 2.23. The van der Waals surface area contributed by atoms with Crippen LogP contribution in [-0.2, 0) is 20.8 Å². The molecule has 3 rings (SSSR count). The van der Waals surface area contributed by atoms with E-state index in [1.54, 1.807) is 31.2 Å². The Morgan fingerprint density at radius 3 is 2.32 bits per heavy atom. The third-order valence-corrected chi connectivity index (χ3v) is 6.42. The predicted molar refractivity (Wildman–Crippen MR) is 152 cm³/mol. The highest BCUT2D eigenvalue weighted by Crippen LogP contribution is 2.26. The standard InChI is InChI=1S/C30H33FN4O6/c1-19-6-4-5-7-24(19)33-30(40)34-25-13-8-21(16-26(25)41-3)17-27(36)32-18-28(37)35(15-14-29(38)39)20(2)22-9-11-23(31)12-10-22/h4-13,16,20H,14-15,17-18H2,1-3H3,(H,32,36)(H,38,39)(H2,33,34,40). The second kappa shape index (κ2) is 14.5. The molecule has 0 aromatic heterocycles. The lowest BCUT2D eigenvalue weighted by Crippen LogP contribution is -2.42. The first kappa shape index (κ1) is 30.6. The van der Waals surface area contributed by atoms with Crippen LogP contribution in [0.1, 0.15) is 36.1 Å². The minimum Gasteiger partial charge on any atom is -0.495 e. The van der Waals surface area contributed by atoms with Crippen molar-refractivity contribution in [2.75, 3.05) is 30.8 Å². The van der Waals surface area contributed by atoms with Crippen molar-refractivity contribution in [3.8, 4) is 5.75 Å². The number of methoxy groups -OCH3 is 1.